The van der Waals surface area contributed by atoms with E-state index in [9.17, 15) is 9.59 Å². The molecule has 0 bridgehead atoms. The zero-order valence-electron chi connectivity index (χ0n) is 18.4. The number of para-hydroxylation sites is 1. The number of hydrogen-bond acceptors (Lipinski definition) is 6. The van der Waals surface area contributed by atoms with Gasteiger partial charge >= 0.3 is 5.97 Å². The number of hydrogen-bond donors (Lipinski definition) is 2. The average molecular weight is 453 g/mol. The Balaban J connectivity index is 1.45. The van der Waals surface area contributed by atoms with E-state index in [-0.39, 0.29) is 17.9 Å². The molecule has 168 valence electrons. The van der Waals surface area contributed by atoms with Gasteiger partial charge in [0.05, 0.1) is 12.2 Å². The SMILES string of the molecule is CCOC(=O)C(CCSC)NCCc1ccc2c(c1)COC2=C1C(=O)Nc2ccccc21. The van der Waals surface area contributed by atoms with Gasteiger partial charge < -0.3 is 20.1 Å². The van der Waals surface area contributed by atoms with Crippen LogP contribution in [0.15, 0.2) is 42.5 Å². The maximum atomic E-state index is 12.6. The van der Waals surface area contributed by atoms with Crippen molar-refractivity contribution < 1.29 is 19.1 Å². The molecule has 0 fully saturated rings. The van der Waals surface area contributed by atoms with Gasteiger partial charge in [-0.15, -0.1) is 0 Å². The zero-order chi connectivity index (χ0) is 22.5. The van der Waals surface area contributed by atoms with E-state index in [4.69, 9.17) is 9.47 Å². The van der Waals surface area contributed by atoms with Gasteiger partial charge in [-0.25, -0.2) is 0 Å². The maximum absolute atomic E-state index is 12.6. The smallest absolute Gasteiger partial charge is 0.323 e. The summed E-state index contributed by atoms with van der Waals surface area (Å²) < 4.78 is 11.2. The third-order valence-corrected chi connectivity index (χ3v) is 6.32. The number of carbonyl (C=O) groups excluding carboxylic acids is 2. The first-order chi connectivity index (χ1) is 15.6. The minimum absolute atomic E-state index is 0.127. The number of rotatable bonds is 9. The number of thioether (sulfide) groups is 1. The summed E-state index contributed by atoms with van der Waals surface area (Å²) in [6, 6.07) is 13.6. The molecule has 2 aliphatic rings. The molecular formula is C25H28N2O4S. The molecule has 2 heterocycles. The van der Waals surface area contributed by atoms with Crippen molar-refractivity contribution in [3.63, 3.8) is 0 Å². The maximum Gasteiger partial charge on any atom is 0.323 e. The fourth-order valence-corrected chi connectivity index (χ4v) is 4.56. The quantitative estimate of drug-likeness (QED) is 0.445. The molecule has 7 heteroatoms. The second kappa shape index (κ2) is 10.2. The van der Waals surface area contributed by atoms with Crippen LogP contribution in [0.1, 0.15) is 35.6 Å². The van der Waals surface area contributed by atoms with Gasteiger partial charge in [0.2, 0.25) is 0 Å². The first kappa shape index (κ1) is 22.4. The third kappa shape index (κ3) is 4.69. The Morgan fingerprint density at radius 1 is 1.25 bits per heavy atom. The molecule has 32 heavy (non-hydrogen) atoms. The Labute approximate surface area is 192 Å². The molecule has 2 aliphatic heterocycles. The Bertz CT molecular complexity index is 1050. The Morgan fingerprint density at radius 3 is 2.91 bits per heavy atom. The van der Waals surface area contributed by atoms with Crippen LogP contribution >= 0.6 is 11.8 Å². The van der Waals surface area contributed by atoms with E-state index >= 15 is 0 Å². The van der Waals surface area contributed by atoms with Crippen LogP contribution in [0.4, 0.5) is 5.69 Å². The van der Waals surface area contributed by atoms with Gasteiger partial charge in [-0.3, -0.25) is 9.59 Å². The highest BCUT2D eigenvalue weighted by Crippen LogP contribution is 2.41. The number of ether oxygens (including phenoxy) is 2. The summed E-state index contributed by atoms with van der Waals surface area (Å²) in [5.74, 6) is 1.24. The van der Waals surface area contributed by atoms with Gasteiger partial charge in [-0.05, 0) is 49.9 Å². The van der Waals surface area contributed by atoms with Crippen LogP contribution in [0.2, 0.25) is 0 Å². The molecule has 4 rings (SSSR count). The minimum Gasteiger partial charge on any atom is -0.487 e. The normalized spacial score (nSPS) is 17.4. The lowest BCUT2D eigenvalue weighted by Gasteiger charge is -2.17. The standard InChI is InChI=1S/C25H28N2O4S/c1-3-30-25(29)21(11-13-32-2)26-12-10-16-8-9-18-17(14-16)15-31-23(18)22-19-6-4-5-7-20(19)27-24(22)28/h4-9,14,21,26H,3,10-13,15H2,1-2H3,(H,27,28). The molecule has 0 radical (unpaired) electrons. The molecule has 0 aliphatic carbocycles. The van der Waals surface area contributed by atoms with E-state index in [1.54, 1.807) is 11.8 Å². The van der Waals surface area contributed by atoms with Crippen molar-refractivity contribution in [2.75, 3.05) is 30.5 Å². The molecule has 0 saturated carbocycles. The van der Waals surface area contributed by atoms with Gasteiger partial charge in [-0.1, -0.05) is 36.4 Å². The van der Waals surface area contributed by atoms with Gasteiger partial charge in [0.1, 0.15) is 18.4 Å². The number of esters is 1. The summed E-state index contributed by atoms with van der Waals surface area (Å²) in [7, 11) is 0. The number of amides is 1. The summed E-state index contributed by atoms with van der Waals surface area (Å²) >= 11 is 1.72. The molecule has 1 amide bonds. The second-order valence-electron chi connectivity index (χ2n) is 7.77. The average Bonchev–Trinajstić information content (AvgIpc) is 3.35. The van der Waals surface area contributed by atoms with E-state index in [1.165, 1.54) is 0 Å². The summed E-state index contributed by atoms with van der Waals surface area (Å²) in [4.78, 5) is 24.8. The summed E-state index contributed by atoms with van der Waals surface area (Å²) in [5.41, 5.74) is 5.50. The van der Waals surface area contributed by atoms with Gasteiger partial charge in [0.15, 0.2) is 0 Å². The molecular weight excluding hydrogens is 424 g/mol. The van der Waals surface area contributed by atoms with Crippen LogP contribution in [-0.4, -0.2) is 43.1 Å². The Hall–Kier alpha value is -2.77. The van der Waals surface area contributed by atoms with Crippen LogP contribution in [0.25, 0.3) is 11.3 Å². The minimum atomic E-state index is -0.280. The van der Waals surface area contributed by atoms with Crippen LogP contribution in [0.3, 0.4) is 0 Å². The molecule has 1 unspecified atom stereocenters. The van der Waals surface area contributed by atoms with E-state index < -0.39 is 0 Å². The van der Waals surface area contributed by atoms with Gasteiger partial charge in [0.25, 0.3) is 5.91 Å². The van der Waals surface area contributed by atoms with Crippen molar-refractivity contribution in [2.45, 2.75) is 32.4 Å². The fourth-order valence-electron chi connectivity index (χ4n) is 4.09. The lowest BCUT2D eigenvalue weighted by atomic mass is 9.98. The zero-order valence-corrected chi connectivity index (χ0v) is 19.2. The van der Waals surface area contributed by atoms with Crippen molar-refractivity contribution in [1.82, 2.24) is 5.32 Å². The van der Waals surface area contributed by atoms with Crippen molar-refractivity contribution in [2.24, 2.45) is 0 Å². The molecule has 0 aromatic heterocycles. The van der Waals surface area contributed by atoms with Gasteiger partial charge in [-0.2, -0.15) is 11.8 Å². The highest BCUT2D eigenvalue weighted by Gasteiger charge is 2.32. The van der Waals surface area contributed by atoms with Gasteiger partial charge in [0, 0.05) is 22.4 Å². The van der Waals surface area contributed by atoms with E-state index in [0.29, 0.717) is 31.1 Å². The van der Waals surface area contributed by atoms with Crippen molar-refractivity contribution in [1.29, 1.82) is 0 Å². The van der Waals surface area contributed by atoms with E-state index in [0.717, 1.165) is 46.5 Å². The van der Waals surface area contributed by atoms with Crippen LogP contribution in [0.5, 0.6) is 0 Å². The number of anilines is 1. The van der Waals surface area contributed by atoms with Crippen molar-refractivity contribution in [3.05, 3.63) is 64.7 Å². The third-order valence-electron chi connectivity index (χ3n) is 5.67. The molecule has 2 N–H and O–H groups in total. The second-order valence-corrected chi connectivity index (χ2v) is 8.76. The molecule has 0 saturated heterocycles. The highest BCUT2D eigenvalue weighted by atomic mass is 32.2. The predicted molar refractivity (Wildman–Crippen MR) is 128 cm³/mol. The van der Waals surface area contributed by atoms with Crippen molar-refractivity contribution in [3.8, 4) is 0 Å². The first-order valence-electron chi connectivity index (χ1n) is 10.9. The lowest BCUT2D eigenvalue weighted by Crippen LogP contribution is -2.39. The fraction of sp³-hybridized carbons (Fsp3) is 0.360. The number of fused-ring (bicyclic) bond motifs is 2. The van der Waals surface area contributed by atoms with Crippen molar-refractivity contribution >= 4 is 40.7 Å². The molecule has 2 aromatic rings. The Kier molecular flexibility index (Phi) is 7.17. The Morgan fingerprint density at radius 2 is 2.09 bits per heavy atom. The summed E-state index contributed by atoms with van der Waals surface area (Å²) in [6.07, 6.45) is 3.57. The van der Waals surface area contributed by atoms with Crippen LogP contribution in [-0.2, 0) is 32.1 Å². The highest BCUT2D eigenvalue weighted by molar-refractivity contribution is 7.98. The van der Waals surface area contributed by atoms with E-state index in [2.05, 4.69) is 22.8 Å². The number of nitrogens with one attached hydrogen (secondary N) is 2. The number of benzene rings is 2. The summed E-state index contributed by atoms with van der Waals surface area (Å²) in [6.45, 7) is 3.35. The van der Waals surface area contributed by atoms with E-state index in [1.807, 2.05) is 43.5 Å². The molecule has 0 spiro atoms. The first-order valence-corrected chi connectivity index (χ1v) is 12.3. The summed E-state index contributed by atoms with van der Waals surface area (Å²) in [5, 5.41) is 6.26. The van der Waals surface area contributed by atoms with Crippen LogP contribution in [0, 0.1) is 0 Å². The molecule has 1 atom stereocenters. The predicted octanol–water partition coefficient (Wildman–Crippen LogP) is 3.85. The topological polar surface area (TPSA) is 76.7 Å². The molecule has 6 nitrogen and oxygen atoms in total. The number of carbonyl (C=O) groups is 2. The lowest BCUT2D eigenvalue weighted by molar-refractivity contribution is -0.145. The largest absolute Gasteiger partial charge is 0.487 e. The monoisotopic (exact) mass is 452 g/mol. The molecule has 2 aromatic carbocycles. The van der Waals surface area contributed by atoms with Crippen LogP contribution < -0.4 is 10.6 Å².